The first-order valence-corrected chi connectivity index (χ1v) is 12.6. The van der Waals surface area contributed by atoms with Gasteiger partial charge in [0.15, 0.2) is 18.1 Å². The highest BCUT2D eigenvalue weighted by molar-refractivity contribution is 5.95. The lowest BCUT2D eigenvalue weighted by Crippen LogP contribution is -2.53. The van der Waals surface area contributed by atoms with Crippen LogP contribution < -0.4 is 30.6 Å². The third kappa shape index (κ3) is 5.81. The first kappa shape index (κ1) is 27.5. The summed E-state index contributed by atoms with van der Waals surface area (Å²) < 4.78 is 17.3. The molecule has 10 nitrogen and oxygen atoms in total. The standard InChI is InChI=1S/C27H32N4O6.ClH/c1-35-21-9-6-18-12-22(21)36-16-24(32)29-13-17-4-7-19(8-5-17)37-23-15-31(14-20(23)30-25(18)33)26(34)27(28)10-2-3-11-27;/h4-9,12,20,23H,2-3,10-11,13-16,28H2,1H3,(H,29,32)(H,30,33);1H/t20-,23-;/m0./s1. The summed E-state index contributed by atoms with van der Waals surface area (Å²) in [5.41, 5.74) is 6.83. The SMILES string of the molecule is COc1ccc2cc1OCC(=O)NCc1ccc(cc1)O[C@H]1CN(C(=O)C3(N)CCCC3)C[C@@H]1NC2=O.Cl. The van der Waals surface area contributed by atoms with Crippen molar-refractivity contribution in [1.29, 1.82) is 0 Å². The van der Waals surface area contributed by atoms with E-state index in [0.29, 0.717) is 49.5 Å². The number of amides is 3. The molecule has 3 aliphatic heterocycles. The number of fused-ring (bicyclic) bond motifs is 7. The van der Waals surface area contributed by atoms with Gasteiger partial charge in [-0.15, -0.1) is 12.4 Å². The Labute approximate surface area is 227 Å². The Kier molecular flexibility index (Phi) is 8.32. The molecular formula is C27H33ClN4O6. The monoisotopic (exact) mass is 544 g/mol. The molecule has 4 N–H and O–H groups in total. The fourth-order valence-corrected chi connectivity index (χ4v) is 5.17. The predicted octanol–water partition coefficient (Wildman–Crippen LogP) is 1.79. The highest BCUT2D eigenvalue weighted by atomic mass is 35.5. The van der Waals surface area contributed by atoms with Crippen LogP contribution in [0.4, 0.5) is 0 Å². The van der Waals surface area contributed by atoms with Crippen LogP contribution in [0.3, 0.4) is 0 Å². The van der Waals surface area contributed by atoms with E-state index in [4.69, 9.17) is 19.9 Å². The van der Waals surface area contributed by atoms with Crippen molar-refractivity contribution in [1.82, 2.24) is 15.5 Å². The minimum Gasteiger partial charge on any atom is -0.493 e. The van der Waals surface area contributed by atoms with Crippen LogP contribution in [0.2, 0.25) is 0 Å². The van der Waals surface area contributed by atoms with Crippen LogP contribution >= 0.6 is 12.4 Å². The summed E-state index contributed by atoms with van der Waals surface area (Å²) in [6, 6.07) is 11.7. The van der Waals surface area contributed by atoms with Crippen molar-refractivity contribution in [3.05, 3.63) is 53.6 Å². The van der Waals surface area contributed by atoms with Crippen molar-refractivity contribution in [2.45, 2.75) is 49.9 Å². The normalized spacial score (nSPS) is 22.6. The van der Waals surface area contributed by atoms with Gasteiger partial charge in [0.05, 0.1) is 25.2 Å². The molecule has 1 saturated carbocycles. The fraction of sp³-hybridized carbons (Fsp3) is 0.444. The lowest BCUT2D eigenvalue weighted by Gasteiger charge is -2.28. The Balaban J connectivity index is 0.00000336. The third-order valence-electron chi connectivity index (χ3n) is 7.28. The largest absolute Gasteiger partial charge is 0.493 e. The van der Waals surface area contributed by atoms with Crippen molar-refractivity contribution in [3.63, 3.8) is 0 Å². The zero-order chi connectivity index (χ0) is 26.0. The number of nitrogens with zero attached hydrogens (tertiary/aromatic N) is 1. The van der Waals surface area contributed by atoms with Gasteiger partial charge in [0.1, 0.15) is 11.9 Å². The Bertz CT molecular complexity index is 1180. The van der Waals surface area contributed by atoms with Crippen molar-refractivity contribution in [2.75, 3.05) is 26.8 Å². The van der Waals surface area contributed by atoms with Gasteiger partial charge in [0, 0.05) is 18.7 Å². The van der Waals surface area contributed by atoms with Crippen LogP contribution in [0, 0.1) is 0 Å². The number of benzene rings is 2. The molecule has 11 heteroatoms. The summed E-state index contributed by atoms with van der Waals surface area (Å²) in [4.78, 5) is 40.6. The summed E-state index contributed by atoms with van der Waals surface area (Å²) in [7, 11) is 1.49. The summed E-state index contributed by atoms with van der Waals surface area (Å²) in [5.74, 6) is 0.538. The zero-order valence-electron chi connectivity index (χ0n) is 21.2. The summed E-state index contributed by atoms with van der Waals surface area (Å²) >= 11 is 0. The first-order valence-electron chi connectivity index (χ1n) is 12.6. The van der Waals surface area contributed by atoms with Gasteiger partial charge in [-0.3, -0.25) is 14.4 Å². The molecule has 0 spiro atoms. The Morgan fingerprint density at radius 2 is 1.84 bits per heavy atom. The molecule has 38 heavy (non-hydrogen) atoms. The van der Waals surface area contributed by atoms with E-state index in [9.17, 15) is 14.4 Å². The van der Waals surface area contributed by atoms with E-state index >= 15 is 0 Å². The van der Waals surface area contributed by atoms with Gasteiger partial charge < -0.3 is 35.5 Å². The maximum atomic E-state index is 13.3. The van der Waals surface area contributed by atoms with Crippen LogP contribution in [-0.2, 0) is 16.1 Å². The highest BCUT2D eigenvalue weighted by Crippen LogP contribution is 2.32. The van der Waals surface area contributed by atoms with Gasteiger partial charge in [0.2, 0.25) is 5.91 Å². The Morgan fingerprint density at radius 3 is 2.55 bits per heavy atom. The number of carbonyl (C=O) groups is 3. The second kappa shape index (κ2) is 11.5. The maximum Gasteiger partial charge on any atom is 0.258 e. The third-order valence-corrected chi connectivity index (χ3v) is 7.28. The average molecular weight is 545 g/mol. The Morgan fingerprint density at radius 1 is 1.11 bits per heavy atom. The number of nitrogens with two attached hydrogens (primary N) is 1. The summed E-state index contributed by atoms with van der Waals surface area (Å²) in [5, 5.41) is 5.84. The van der Waals surface area contributed by atoms with Crippen molar-refractivity contribution in [3.8, 4) is 17.2 Å². The molecule has 2 aromatic carbocycles. The number of nitrogens with one attached hydrogen (secondary N) is 2. The minimum atomic E-state index is -0.856. The smallest absolute Gasteiger partial charge is 0.258 e. The van der Waals surface area contributed by atoms with Crippen LogP contribution in [0.15, 0.2) is 42.5 Å². The molecule has 4 bridgehead atoms. The Hall–Kier alpha value is -3.50. The number of hydrogen-bond acceptors (Lipinski definition) is 7. The summed E-state index contributed by atoms with van der Waals surface area (Å²) in [6.07, 6.45) is 2.73. The van der Waals surface area contributed by atoms with E-state index in [1.165, 1.54) is 13.2 Å². The second-order valence-electron chi connectivity index (χ2n) is 9.88. The molecule has 3 heterocycles. The molecular weight excluding hydrogens is 512 g/mol. The molecule has 2 aromatic rings. The van der Waals surface area contributed by atoms with E-state index in [2.05, 4.69) is 10.6 Å². The minimum absolute atomic E-state index is 0. The quantitative estimate of drug-likeness (QED) is 0.525. The van der Waals surface area contributed by atoms with Crippen LogP contribution in [0.25, 0.3) is 0 Å². The molecule has 1 aliphatic carbocycles. The van der Waals surface area contributed by atoms with Gasteiger partial charge in [-0.1, -0.05) is 25.0 Å². The van der Waals surface area contributed by atoms with E-state index in [-0.39, 0.29) is 42.5 Å². The van der Waals surface area contributed by atoms with Gasteiger partial charge in [-0.25, -0.2) is 0 Å². The maximum absolute atomic E-state index is 13.3. The van der Waals surface area contributed by atoms with Gasteiger partial charge in [0.25, 0.3) is 11.8 Å². The zero-order valence-corrected chi connectivity index (χ0v) is 22.1. The van der Waals surface area contributed by atoms with E-state index in [0.717, 1.165) is 18.4 Å². The molecule has 0 radical (unpaired) electrons. The molecule has 204 valence electrons. The molecule has 6 rings (SSSR count). The van der Waals surface area contributed by atoms with Crippen molar-refractivity contribution < 1.29 is 28.6 Å². The molecule has 0 aromatic heterocycles. The number of ether oxygens (including phenoxy) is 3. The van der Waals surface area contributed by atoms with E-state index < -0.39 is 17.7 Å². The number of methoxy groups -OCH3 is 1. The van der Waals surface area contributed by atoms with Crippen LogP contribution in [0.5, 0.6) is 17.2 Å². The number of likely N-dealkylation sites (tertiary alicyclic amines) is 1. The van der Waals surface area contributed by atoms with Crippen LogP contribution in [0.1, 0.15) is 41.6 Å². The number of hydrogen-bond donors (Lipinski definition) is 3. The fourth-order valence-electron chi connectivity index (χ4n) is 5.17. The number of rotatable bonds is 2. The molecule has 1 saturated heterocycles. The lowest BCUT2D eigenvalue weighted by molar-refractivity contribution is -0.136. The van der Waals surface area contributed by atoms with Crippen molar-refractivity contribution in [2.24, 2.45) is 5.73 Å². The van der Waals surface area contributed by atoms with E-state index in [1.807, 2.05) is 24.3 Å². The lowest BCUT2D eigenvalue weighted by atomic mass is 9.97. The number of carbonyl (C=O) groups excluding carboxylic acids is 3. The molecule has 4 aliphatic rings. The molecule has 2 fully saturated rings. The van der Waals surface area contributed by atoms with Crippen molar-refractivity contribution >= 4 is 30.1 Å². The van der Waals surface area contributed by atoms with Crippen LogP contribution in [-0.4, -0.2) is 67.1 Å². The predicted molar refractivity (Wildman–Crippen MR) is 142 cm³/mol. The van der Waals surface area contributed by atoms with E-state index in [1.54, 1.807) is 17.0 Å². The molecule has 2 atom stereocenters. The van der Waals surface area contributed by atoms with Gasteiger partial charge in [-0.2, -0.15) is 0 Å². The molecule has 0 unspecified atom stereocenters. The topological polar surface area (TPSA) is 132 Å². The number of halogens is 1. The molecule has 3 amide bonds. The summed E-state index contributed by atoms with van der Waals surface area (Å²) in [6.45, 7) is 0.708. The van der Waals surface area contributed by atoms with Gasteiger partial charge >= 0.3 is 0 Å². The highest BCUT2D eigenvalue weighted by Gasteiger charge is 2.45. The second-order valence-corrected chi connectivity index (χ2v) is 9.88. The van der Waals surface area contributed by atoms with Gasteiger partial charge in [-0.05, 0) is 48.7 Å². The first-order chi connectivity index (χ1) is 17.8. The average Bonchev–Trinajstić information content (AvgIpc) is 3.52.